The molecular weight excluding hydrogens is 348 g/mol. The Bertz CT molecular complexity index is 983. The van der Waals surface area contributed by atoms with E-state index in [1.54, 1.807) is 0 Å². The zero-order valence-corrected chi connectivity index (χ0v) is 16.0. The summed E-state index contributed by atoms with van der Waals surface area (Å²) in [6.45, 7) is 4.52. The van der Waals surface area contributed by atoms with Crippen LogP contribution in [0, 0.1) is 6.92 Å². The van der Waals surface area contributed by atoms with Crippen LogP contribution in [0.4, 0.5) is 17.6 Å². The molecule has 1 aliphatic heterocycles. The van der Waals surface area contributed by atoms with Crippen LogP contribution in [-0.4, -0.2) is 32.9 Å². The molecule has 0 radical (unpaired) electrons. The van der Waals surface area contributed by atoms with E-state index in [1.165, 1.54) is 11.1 Å². The van der Waals surface area contributed by atoms with E-state index in [0.29, 0.717) is 18.3 Å². The van der Waals surface area contributed by atoms with Crippen molar-refractivity contribution in [2.24, 2.45) is 0 Å². The van der Waals surface area contributed by atoms with Gasteiger partial charge in [-0.05, 0) is 36.1 Å². The van der Waals surface area contributed by atoms with E-state index in [4.69, 9.17) is 5.73 Å². The van der Waals surface area contributed by atoms with Gasteiger partial charge >= 0.3 is 0 Å². The van der Waals surface area contributed by atoms with Gasteiger partial charge in [-0.1, -0.05) is 54.6 Å². The monoisotopic (exact) mass is 372 g/mol. The van der Waals surface area contributed by atoms with Crippen LogP contribution in [0.3, 0.4) is 0 Å². The van der Waals surface area contributed by atoms with Crippen molar-refractivity contribution in [1.82, 2.24) is 19.9 Å². The first-order chi connectivity index (χ1) is 13.7. The predicted octanol–water partition coefficient (Wildman–Crippen LogP) is 3.80. The van der Waals surface area contributed by atoms with Crippen LogP contribution in [-0.2, 0) is 6.54 Å². The second-order valence-electron chi connectivity index (χ2n) is 6.95. The average molecular weight is 372 g/mol. The van der Waals surface area contributed by atoms with Crippen molar-refractivity contribution in [1.29, 1.82) is 0 Å². The Kier molecular flexibility index (Phi) is 5.30. The number of nitrogens with two attached hydrogens (primary N) is 1. The van der Waals surface area contributed by atoms with Crippen LogP contribution in [0.2, 0.25) is 0 Å². The summed E-state index contributed by atoms with van der Waals surface area (Å²) in [6, 6.07) is 18.6. The second-order valence-corrected chi connectivity index (χ2v) is 6.95. The fraction of sp³-hybridized carbons (Fsp3) is 0.227. The zero-order chi connectivity index (χ0) is 19.3. The molecule has 0 saturated carbocycles. The molecule has 3 N–H and O–H groups in total. The van der Waals surface area contributed by atoms with Gasteiger partial charge in [0.15, 0.2) is 0 Å². The molecule has 4 rings (SSSR count). The minimum Gasteiger partial charge on any atom is -0.368 e. The molecule has 6 heteroatoms. The lowest BCUT2D eigenvalue weighted by atomic mass is 10.00. The first-order valence-corrected chi connectivity index (χ1v) is 9.47. The summed E-state index contributed by atoms with van der Waals surface area (Å²) in [5, 5.41) is 3.25. The van der Waals surface area contributed by atoms with Crippen molar-refractivity contribution in [3.63, 3.8) is 0 Å². The van der Waals surface area contributed by atoms with Crippen molar-refractivity contribution in [3.05, 3.63) is 77.6 Å². The van der Waals surface area contributed by atoms with E-state index in [1.807, 2.05) is 37.3 Å². The number of aromatic nitrogens is 3. The summed E-state index contributed by atoms with van der Waals surface area (Å²) in [5.41, 5.74) is 10.7. The molecule has 2 heterocycles. The number of hydrogen-bond acceptors (Lipinski definition) is 6. The SMILES string of the molecule is Cc1ccccc1Nc1nc(N)nc(CN2CC=C(c3ccccc3)CC2)n1. The van der Waals surface area contributed by atoms with Gasteiger partial charge in [0.1, 0.15) is 5.82 Å². The highest BCUT2D eigenvalue weighted by Gasteiger charge is 2.15. The van der Waals surface area contributed by atoms with E-state index in [-0.39, 0.29) is 5.95 Å². The highest BCUT2D eigenvalue weighted by Crippen LogP contribution is 2.23. The molecule has 0 aliphatic carbocycles. The number of benzene rings is 2. The van der Waals surface area contributed by atoms with E-state index in [0.717, 1.165) is 30.8 Å². The molecule has 0 atom stereocenters. The Morgan fingerprint density at radius 3 is 2.54 bits per heavy atom. The lowest BCUT2D eigenvalue weighted by molar-refractivity contribution is 0.286. The van der Waals surface area contributed by atoms with Crippen molar-refractivity contribution < 1.29 is 0 Å². The van der Waals surface area contributed by atoms with Crippen LogP contribution in [0.15, 0.2) is 60.7 Å². The topological polar surface area (TPSA) is 80.0 Å². The normalized spacial score (nSPS) is 14.5. The Hall–Kier alpha value is -3.25. The van der Waals surface area contributed by atoms with Gasteiger partial charge in [-0.25, -0.2) is 0 Å². The van der Waals surface area contributed by atoms with Crippen LogP contribution in [0.5, 0.6) is 0 Å². The van der Waals surface area contributed by atoms with E-state index in [2.05, 4.69) is 55.5 Å². The van der Waals surface area contributed by atoms with E-state index < -0.39 is 0 Å². The fourth-order valence-corrected chi connectivity index (χ4v) is 3.37. The van der Waals surface area contributed by atoms with Crippen molar-refractivity contribution in [2.45, 2.75) is 19.9 Å². The third-order valence-electron chi connectivity index (χ3n) is 4.89. The average Bonchev–Trinajstić information content (AvgIpc) is 2.71. The summed E-state index contributed by atoms with van der Waals surface area (Å²) in [7, 11) is 0. The predicted molar refractivity (Wildman–Crippen MR) is 113 cm³/mol. The van der Waals surface area contributed by atoms with Gasteiger partial charge in [-0.3, -0.25) is 4.90 Å². The molecule has 0 amide bonds. The van der Waals surface area contributed by atoms with Crippen LogP contribution < -0.4 is 11.1 Å². The molecule has 142 valence electrons. The van der Waals surface area contributed by atoms with Gasteiger partial charge in [0.2, 0.25) is 11.9 Å². The largest absolute Gasteiger partial charge is 0.368 e. The summed E-state index contributed by atoms with van der Waals surface area (Å²) in [6.07, 6.45) is 3.30. The number of nitrogens with one attached hydrogen (secondary N) is 1. The molecule has 0 saturated heterocycles. The number of para-hydroxylation sites is 1. The number of anilines is 3. The van der Waals surface area contributed by atoms with Gasteiger partial charge < -0.3 is 11.1 Å². The Labute approximate surface area is 165 Å². The van der Waals surface area contributed by atoms with Crippen molar-refractivity contribution in [2.75, 3.05) is 24.1 Å². The maximum absolute atomic E-state index is 5.92. The standard InChI is InChI=1S/C22H24N6/c1-16-7-5-6-10-19(16)24-22-26-20(25-21(23)27-22)15-28-13-11-18(12-14-28)17-8-3-2-4-9-17/h2-11H,12-15H2,1H3,(H3,23,24,25,26,27). The number of nitrogens with zero attached hydrogens (tertiary/aromatic N) is 4. The second kappa shape index (κ2) is 8.19. The molecule has 0 unspecified atom stereocenters. The van der Waals surface area contributed by atoms with Crippen LogP contribution in [0.1, 0.15) is 23.4 Å². The number of hydrogen-bond donors (Lipinski definition) is 2. The minimum absolute atomic E-state index is 0.235. The first kappa shape index (κ1) is 18.1. The van der Waals surface area contributed by atoms with Crippen LogP contribution >= 0.6 is 0 Å². The van der Waals surface area contributed by atoms with Gasteiger partial charge in [0.25, 0.3) is 0 Å². The van der Waals surface area contributed by atoms with Gasteiger partial charge in [0, 0.05) is 18.8 Å². The molecule has 0 spiro atoms. The smallest absolute Gasteiger partial charge is 0.232 e. The summed E-state index contributed by atoms with van der Waals surface area (Å²) in [4.78, 5) is 15.4. The van der Waals surface area contributed by atoms with Crippen LogP contribution in [0.25, 0.3) is 5.57 Å². The molecule has 1 aliphatic rings. The van der Waals surface area contributed by atoms with Gasteiger partial charge in [-0.15, -0.1) is 0 Å². The molecular formula is C22H24N6. The highest BCUT2D eigenvalue weighted by molar-refractivity contribution is 5.66. The number of nitrogen functional groups attached to an aromatic ring is 1. The summed E-state index contributed by atoms with van der Waals surface area (Å²) < 4.78 is 0. The lowest BCUT2D eigenvalue weighted by Gasteiger charge is -2.25. The number of rotatable bonds is 5. The Morgan fingerprint density at radius 1 is 1.00 bits per heavy atom. The molecule has 28 heavy (non-hydrogen) atoms. The van der Waals surface area contributed by atoms with E-state index in [9.17, 15) is 0 Å². The zero-order valence-electron chi connectivity index (χ0n) is 16.0. The molecule has 3 aromatic rings. The third kappa shape index (κ3) is 4.35. The maximum atomic E-state index is 5.92. The molecule has 6 nitrogen and oxygen atoms in total. The molecule has 1 aromatic heterocycles. The molecule has 0 fully saturated rings. The summed E-state index contributed by atoms with van der Waals surface area (Å²) in [5.74, 6) is 1.40. The Balaban J connectivity index is 1.45. The highest BCUT2D eigenvalue weighted by atomic mass is 15.2. The minimum atomic E-state index is 0.235. The molecule has 0 bridgehead atoms. The summed E-state index contributed by atoms with van der Waals surface area (Å²) >= 11 is 0. The number of aryl methyl sites for hydroxylation is 1. The van der Waals surface area contributed by atoms with E-state index >= 15 is 0 Å². The van der Waals surface area contributed by atoms with Crippen molar-refractivity contribution >= 4 is 23.2 Å². The lowest BCUT2D eigenvalue weighted by Crippen LogP contribution is -2.29. The molecule has 2 aromatic carbocycles. The maximum Gasteiger partial charge on any atom is 0.232 e. The third-order valence-corrected chi connectivity index (χ3v) is 4.89. The quantitative estimate of drug-likeness (QED) is 0.709. The van der Waals surface area contributed by atoms with Gasteiger partial charge in [0.05, 0.1) is 6.54 Å². The van der Waals surface area contributed by atoms with Crippen molar-refractivity contribution in [3.8, 4) is 0 Å². The van der Waals surface area contributed by atoms with Gasteiger partial charge in [-0.2, -0.15) is 15.0 Å². The fourth-order valence-electron chi connectivity index (χ4n) is 3.37. The Morgan fingerprint density at radius 2 is 1.79 bits per heavy atom. The first-order valence-electron chi connectivity index (χ1n) is 9.47.